The molecule has 0 bridgehead atoms. The van der Waals surface area contributed by atoms with Gasteiger partial charge < -0.3 is 0 Å². The van der Waals surface area contributed by atoms with Crippen molar-refractivity contribution in [3.63, 3.8) is 0 Å². The molecule has 3 heteroatoms. The van der Waals surface area contributed by atoms with Gasteiger partial charge in [0, 0.05) is 0 Å². The van der Waals surface area contributed by atoms with Gasteiger partial charge in [-0.15, -0.1) is 0 Å². The van der Waals surface area contributed by atoms with Crippen molar-refractivity contribution in [3.8, 4) is 0 Å². The maximum Gasteiger partial charge on any atom is 0.192 e. The predicted molar refractivity (Wildman–Crippen MR) is 84.6 cm³/mol. The molecule has 0 radical (unpaired) electrons. The summed E-state index contributed by atoms with van der Waals surface area (Å²) >= 11 is 0. The average molecular weight is 296 g/mol. The minimum atomic E-state index is -3.51. The molecule has 0 saturated heterocycles. The number of sulfone groups is 1. The molecule has 0 N–H and O–H groups in total. The molecule has 1 atom stereocenters. The second-order valence-electron chi connectivity index (χ2n) is 5.06. The van der Waals surface area contributed by atoms with E-state index in [1.54, 1.807) is 30.3 Å². The first-order valence-corrected chi connectivity index (χ1v) is 8.35. The molecule has 1 aliphatic carbocycles. The Morgan fingerprint density at radius 3 is 2.00 bits per heavy atom. The SMILES string of the molecule is O=S(=O)(c1ccccc1)C1(c2ccccc2)C=CC=CC1. The second-order valence-corrected chi connectivity index (χ2v) is 7.27. The Kier molecular flexibility index (Phi) is 3.52. The van der Waals surface area contributed by atoms with E-state index in [9.17, 15) is 8.42 Å². The molecule has 0 aromatic heterocycles. The van der Waals surface area contributed by atoms with Crippen LogP contribution in [0.25, 0.3) is 0 Å². The van der Waals surface area contributed by atoms with Crippen molar-refractivity contribution in [1.29, 1.82) is 0 Å². The van der Waals surface area contributed by atoms with Crippen LogP contribution in [0, 0.1) is 0 Å². The van der Waals surface area contributed by atoms with E-state index in [2.05, 4.69) is 0 Å². The molecular formula is C18H16O2S. The Labute approximate surface area is 125 Å². The zero-order valence-corrected chi connectivity index (χ0v) is 12.3. The van der Waals surface area contributed by atoms with Crippen LogP contribution in [0.5, 0.6) is 0 Å². The molecule has 2 aromatic rings. The Hall–Kier alpha value is -2.13. The van der Waals surface area contributed by atoms with Gasteiger partial charge in [-0.3, -0.25) is 0 Å². The quantitative estimate of drug-likeness (QED) is 0.861. The smallest absolute Gasteiger partial charge is 0.192 e. The Balaban J connectivity index is 2.23. The summed E-state index contributed by atoms with van der Waals surface area (Å²) in [5.74, 6) is 0. The lowest BCUT2D eigenvalue weighted by Crippen LogP contribution is -2.34. The summed E-state index contributed by atoms with van der Waals surface area (Å²) in [5.41, 5.74) is 0.800. The summed E-state index contributed by atoms with van der Waals surface area (Å²) in [5, 5.41) is 0. The van der Waals surface area contributed by atoms with Gasteiger partial charge in [-0.2, -0.15) is 0 Å². The summed E-state index contributed by atoms with van der Waals surface area (Å²) in [6, 6.07) is 18.1. The van der Waals surface area contributed by atoms with Crippen molar-refractivity contribution in [2.24, 2.45) is 0 Å². The first-order chi connectivity index (χ1) is 10.2. The third kappa shape index (κ3) is 2.24. The third-order valence-electron chi connectivity index (χ3n) is 3.83. The number of benzene rings is 2. The highest BCUT2D eigenvalue weighted by atomic mass is 32.2. The molecule has 21 heavy (non-hydrogen) atoms. The van der Waals surface area contributed by atoms with E-state index in [0.717, 1.165) is 5.56 Å². The Morgan fingerprint density at radius 1 is 0.810 bits per heavy atom. The van der Waals surface area contributed by atoms with Gasteiger partial charge in [-0.05, 0) is 24.1 Å². The first-order valence-electron chi connectivity index (χ1n) is 6.86. The largest absolute Gasteiger partial charge is 0.222 e. The van der Waals surface area contributed by atoms with Crippen molar-refractivity contribution < 1.29 is 8.42 Å². The highest BCUT2D eigenvalue weighted by Gasteiger charge is 2.43. The molecule has 0 spiro atoms. The molecule has 0 aliphatic heterocycles. The van der Waals surface area contributed by atoms with Gasteiger partial charge in [-0.25, -0.2) is 8.42 Å². The molecule has 1 aliphatic rings. The van der Waals surface area contributed by atoms with E-state index in [0.29, 0.717) is 11.3 Å². The predicted octanol–water partition coefficient (Wildman–Crippen LogP) is 3.87. The average Bonchev–Trinajstić information content (AvgIpc) is 2.57. The van der Waals surface area contributed by atoms with Crippen LogP contribution in [-0.2, 0) is 14.6 Å². The minimum Gasteiger partial charge on any atom is -0.222 e. The van der Waals surface area contributed by atoms with Crippen LogP contribution in [-0.4, -0.2) is 8.42 Å². The fourth-order valence-electron chi connectivity index (χ4n) is 2.70. The normalized spacial score (nSPS) is 21.3. The molecular weight excluding hydrogens is 280 g/mol. The molecule has 1 unspecified atom stereocenters. The lowest BCUT2D eigenvalue weighted by atomic mass is 9.91. The fourth-order valence-corrected chi connectivity index (χ4v) is 4.66. The molecule has 2 nitrogen and oxygen atoms in total. The lowest BCUT2D eigenvalue weighted by Gasteiger charge is -2.31. The number of rotatable bonds is 3. The van der Waals surface area contributed by atoms with Crippen molar-refractivity contribution in [2.75, 3.05) is 0 Å². The van der Waals surface area contributed by atoms with E-state index < -0.39 is 14.6 Å². The second kappa shape index (κ2) is 5.34. The molecule has 0 fully saturated rings. The maximum absolute atomic E-state index is 13.2. The monoisotopic (exact) mass is 296 g/mol. The van der Waals surface area contributed by atoms with Crippen LogP contribution in [0.2, 0.25) is 0 Å². The summed E-state index contributed by atoms with van der Waals surface area (Å²) in [6.45, 7) is 0. The highest BCUT2D eigenvalue weighted by Crippen LogP contribution is 2.41. The zero-order valence-electron chi connectivity index (χ0n) is 11.5. The van der Waals surface area contributed by atoms with Crippen LogP contribution < -0.4 is 0 Å². The van der Waals surface area contributed by atoms with Gasteiger partial charge in [-0.1, -0.05) is 72.8 Å². The van der Waals surface area contributed by atoms with Crippen LogP contribution >= 0.6 is 0 Å². The Bertz CT molecular complexity index is 774. The zero-order chi connectivity index (χ0) is 14.8. The highest BCUT2D eigenvalue weighted by molar-refractivity contribution is 7.92. The van der Waals surface area contributed by atoms with Gasteiger partial charge in [0.25, 0.3) is 0 Å². The van der Waals surface area contributed by atoms with E-state index in [1.165, 1.54) is 0 Å². The topological polar surface area (TPSA) is 34.1 Å². The summed E-state index contributed by atoms with van der Waals surface area (Å²) < 4.78 is 25.4. The van der Waals surface area contributed by atoms with E-state index in [1.807, 2.05) is 54.6 Å². The standard InChI is InChI=1S/C18H16O2S/c19-21(20,17-12-6-2-7-13-17)18(14-8-3-9-15-18)16-10-4-1-5-11-16/h1-14H,15H2. The fraction of sp³-hybridized carbons (Fsp3) is 0.111. The van der Waals surface area contributed by atoms with Crippen molar-refractivity contribution in [1.82, 2.24) is 0 Å². The Morgan fingerprint density at radius 2 is 1.43 bits per heavy atom. The van der Waals surface area contributed by atoms with Gasteiger partial charge in [0.2, 0.25) is 0 Å². The maximum atomic E-state index is 13.2. The summed E-state index contributed by atoms with van der Waals surface area (Å²) in [4.78, 5) is 0.355. The lowest BCUT2D eigenvalue weighted by molar-refractivity contribution is 0.557. The van der Waals surface area contributed by atoms with Crippen LogP contribution in [0.4, 0.5) is 0 Å². The number of hydrogen-bond acceptors (Lipinski definition) is 2. The number of hydrogen-bond donors (Lipinski definition) is 0. The van der Waals surface area contributed by atoms with Crippen LogP contribution in [0.1, 0.15) is 12.0 Å². The summed E-state index contributed by atoms with van der Waals surface area (Å²) in [6.07, 6.45) is 7.86. The van der Waals surface area contributed by atoms with Crippen molar-refractivity contribution in [3.05, 3.63) is 90.5 Å². The third-order valence-corrected chi connectivity index (χ3v) is 6.22. The van der Waals surface area contributed by atoms with E-state index in [-0.39, 0.29) is 0 Å². The van der Waals surface area contributed by atoms with Gasteiger partial charge in [0.1, 0.15) is 4.75 Å². The van der Waals surface area contributed by atoms with Crippen LogP contribution in [0.3, 0.4) is 0 Å². The van der Waals surface area contributed by atoms with Crippen molar-refractivity contribution in [2.45, 2.75) is 16.1 Å². The minimum absolute atomic E-state index is 0.355. The molecule has 2 aromatic carbocycles. The van der Waals surface area contributed by atoms with E-state index in [4.69, 9.17) is 0 Å². The van der Waals surface area contributed by atoms with Gasteiger partial charge in [0.15, 0.2) is 9.84 Å². The van der Waals surface area contributed by atoms with Crippen LogP contribution in [0.15, 0.2) is 89.9 Å². The van der Waals surface area contributed by atoms with Gasteiger partial charge >= 0.3 is 0 Å². The van der Waals surface area contributed by atoms with Crippen molar-refractivity contribution >= 4 is 9.84 Å². The molecule has 0 heterocycles. The van der Waals surface area contributed by atoms with E-state index >= 15 is 0 Å². The molecule has 106 valence electrons. The first kappa shape index (κ1) is 13.8. The molecule has 0 amide bonds. The molecule has 0 saturated carbocycles. The molecule has 3 rings (SSSR count). The number of allylic oxidation sites excluding steroid dienone is 3. The summed E-state index contributed by atoms with van der Waals surface area (Å²) in [7, 11) is -3.51. The van der Waals surface area contributed by atoms with Gasteiger partial charge in [0.05, 0.1) is 4.90 Å².